The van der Waals surface area contributed by atoms with E-state index in [-0.39, 0.29) is 12.2 Å². The molecule has 5 heteroatoms. The highest BCUT2D eigenvalue weighted by Crippen LogP contribution is 2.24. The van der Waals surface area contributed by atoms with Crippen LogP contribution in [0.15, 0.2) is 24.3 Å². The fraction of sp³-hybridized carbons (Fsp3) is 0.500. The molecule has 0 aliphatic carbocycles. The molecule has 1 aliphatic rings. The molecule has 5 nitrogen and oxygen atoms in total. The Morgan fingerprint density at radius 2 is 2.00 bits per heavy atom. The number of carbonyl (C=O) groups excluding carboxylic acids is 1. The van der Waals surface area contributed by atoms with E-state index in [1.807, 2.05) is 31.2 Å². The van der Waals surface area contributed by atoms with Crippen LogP contribution in [0.4, 0.5) is 5.69 Å². The number of anilines is 1. The number of nitrogens with two attached hydrogens (primary N) is 1. The molecule has 1 atom stereocenters. The van der Waals surface area contributed by atoms with Crippen LogP contribution in [0.2, 0.25) is 0 Å². The molecular weight excluding hydrogens is 244 g/mol. The van der Waals surface area contributed by atoms with Crippen molar-refractivity contribution in [2.24, 2.45) is 5.73 Å². The second-order valence-electron chi connectivity index (χ2n) is 4.58. The van der Waals surface area contributed by atoms with Gasteiger partial charge in [-0.1, -0.05) is 25.5 Å². The second kappa shape index (κ2) is 6.65. The fourth-order valence-electron chi connectivity index (χ4n) is 1.95. The molecule has 0 bridgehead atoms. The first-order chi connectivity index (χ1) is 9.20. The molecule has 19 heavy (non-hydrogen) atoms. The Morgan fingerprint density at radius 3 is 2.58 bits per heavy atom. The summed E-state index contributed by atoms with van der Waals surface area (Å²) in [5.74, 6) is -0.150. The number of amides is 1. The number of hydrogen-bond donors (Lipinski definition) is 2. The first kappa shape index (κ1) is 14.0. The lowest BCUT2D eigenvalue weighted by Crippen LogP contribution is -2.35. The lowest BCUT2D eigenvalue weighted by Gasteiger charge is -2.13. The van der Waals surface area contributed by atoms with E-state index in [9.17, 15) is 4.79 Å². The SMILES string of the molecule is CCC[C@@H](N)C(=O)Nc1ccc(C2OCCO2)cc1. The Hall–Kier alpha value is -1.43. The lowest BCUT2D eigenvalue weighted by atomic mass is 10.1. The third-order valence-electron chi connectivity index (χ3n) is 3.01. The van der Waals surface area contributed by atoms with E-state index in [4.69, 9.17) is 15.2 Å². The van der Waals surface area contributed by atoms with E-state index in [0.717, 1.165) is 17.7 Å². The predicted octanol–water partition coefficient (Wildman–Crippen LogP) is 1.80. The highest BCUT2D eigenvalue weighted by Gasteiger charge is 2.18. The van der Waals surface area contributed by atoms with E-state index in [1.54, 1.807) is 0 Å². The minimum absolute atomic E-state index is 0.150. The van der Waals surface area contributed by atoms with Gasteiger partial charge in [-0.05, 0) is 18.6 Å². The van der Waals surface area contributed by atoms with Crippen LogP contribution in [-0.4, -0.2) is 25.2 Å². The topological polar surface area (TPSA) is 73.6 Å². The molecule has 3 N–H and O–H groups in total. The van der Waals surface area contributed by atoms with Gasteiger partial charge < -0.3 is 20.5 Å². The molecule has 0 unspecified atom stereocenters. The second-order valence-corrected chi connectivity index (χ2v) is 4.58. The minimum atomic E-state index is -0.453. The van der Waals surface area contributed by atoms with Crippen LogP contribution >= 0.6 is 0 Å². The number of ether oxygens (including phenoxy) is 2. The highest BCUT2D eigenvalue weighted by atomic mass is 16.7. The van der Waals surface area contributed by atoms with E-state index in [2.05, 4.69) is 5.32 Å². The number of benzene rings is 1. The molecule has 1 amide bonds. The van der Waals surface area contributed by atoms with Crippen molar-refractivity contribution in [3.8, 4) is 0 Å². The molecular formula is C14H20N2O3. The van der Waals surface area contributed by atoms with Crippen LogP contribution in [0.25, 0.3) is 0 Å². The molecule has 0 saturated carbocycles. The van der Waals surface area contributed by atoms with Gasteiger partial charge in [0.1, 0.15) is 0 Å². The largest absolute Gasteiger partial charge is 0.346 e. The molecule has 1 heterocycles. The van der Waals surface area contributed by atoms with Gasteiger partial charge in [0, 0.05) is 11.3 Å². The average molecular weight is 264 g/mol. The third kappa shape index (κ3) is 3.76. The maximum atomic E-state index is 11.8. The normalized spacial score (nSPS) is 17.4. The van der Waals surface area contributed by atoms with Gasteiger partial charge in [-0.25, -0.2) is 0 Å². The lowest BCUT2D eigenvalue weighted by molar-refractivity contribution is -0.117. The van der Waals surface area contributed by atoms with E-state index in [1.165, 1.54) is 0 Å². The van der Waals surface area contributed by atoms with Crippen molar-refractivity contribution < 1.29 is 14.3 Å². The monoisotopic (exact) mass is 264 g/mol. The highest BCUT2D eigenvalue weighted by molar-refractivity contribution is 5.94. The van der Waals surface area contributed by atoms with Crippen LogP contribution in [0.5, 0.6) is 0 Å². The summed E-state index contributed by atoms with van der Waals surface area (Å²) in [6.07, 6.45) is 1.30. The van der Waals surface area contributed by atoms with Crippen LogP contribution in [-0.2, 0) is 14.3 Å². The van der Waals surface area contributed by atoms with Crippen molar-refractivity contribution in [1.29, 1.82) is 0 Å². The quantitative estimate of drug-likeness (QED) is 0.850. The summed E-state index contributed by atoms with van der Waals surface area (Å²) < 4.78 is 10.8. The third-order valence-corrected chi connectivity index (χ3v) is 3.01. The van der Waals surface area contributed by atoms with Crippen molar-refractivity contribution in [2.45, 2.75) is 32.1 Å². The Bertz CT molecular complexity index is 413. The van der Waals surface area contributed by atoms with E-state index in [0.29, 0.717) is 19.6 Å². The van der Waals surface area contributed by atoms with Gasteiger partial charge in [0.2, 0.25) is 5.91 Å². The van der Waals surface area contributed by atoms with Crippen LogP contribution < -0.4 is 11.1 Å². The molecule has 1 aromatic carbocycles. The predicted molar refractivity (Wildman–Crippen MR) is 72.6 cm³/mol. The van der Waals surface area contributed by atoms with Crippen LogP contribution in [0.3, 0.4) is 0 Å². The summed E-state index contributed by atoms with van der Waals surface area (Å²) >= 11 is 0. The molecule has 0 spiro atoms. The first-order valence-electron chi connectivity index (χ1n) is 6.60. The molecule has 0 radical (unpaired) electrons. The summed E-state index contributed by atoms with van der Waals surface area (Å²) in [7, 11) is 0. The van der Waals surface area contributed by atoms with Crippen molar-refractivity contribution in [3.63, 3.8) is 0 Å². The van der Waals surface area contributed by atoms with E-state index >= 15 is 0 Å². The van der Waals surface area contributed by atoms with Gasteiger partial charge in [-0.15, -0.1) is 0 Å². The zero-order valence-electron chi connectivity index (χ0n) is 11.1. The summed E-state index contributed by atoms with van der Waals surface area (Å²) in [5, 5.41) is 2.80. The molecule has 0 aromatic heterocycles. The summed E-state index contributed by atoms with van der Waals surface area (Å²) in [6, 6.07) is 6.98. The van der Waals surface area contributed by atoms with Gasteiger partial charge in [0.05, 0.1) is 19.3 Å². The van der Waals surface area contributed by atoms with Gasteiger partial charge in [-0.2, -0.15) is 0 Å². The summed E-state index contributed by atoms with van der Waals surface area (Å²) in [4.78, 5) is 11.8. The molecule has 2 rings (SSSR count). The van der Waals surface area contributed by atoms with Gasteiger partial charge in [0.25, 0.3) is 0 Å². The van der Waals surface area contributed by atoms with Crippen LogP contribution in [0, 0.1) is 0 Å². The molecule has 104 valence electrons. The molecule has 1 fully saturated rings. The maximum Gasteiger partial charge on any atom is 0.241 e. The summed E-state index contributed by atoms with van der Waals surface area (Å²) in [6.45, 7) is 3.24. The first-order valence-corrected chi connectivity index (χ1v) is 6.60. The maximum absolute atomic E-state index is 11.8. The number of nitrogens with one attached hydrogen (secondary N) is 1. The number of rotatable bonds is 5. The zero-order valence-corrected chi connectivity index (χ0v) is 11.1. The standard InChI is InChI=1S/C14H20N2O3/c1-2-3-12(15)13(17)16-11-6-4-10(5-7-11)14-18-8-9-19-14/h4-7,12,14H,2-3,8-9,15H2,1H3,(H,16,17)/t12-/m1/s1. The van der Waals surface area contributed by atoms with Gasteiger partial charge in [0.15, 0.2) is 6.29 Å². The van der Waals surface area contributed by atoms with Crippen molar-refractivity contribution in [2.75, 3.05) is 18.5 Å². The average Bonchev–Trinajstić information content (AvgIpc) is 2.94. The Morgan fingerprint density at radius 1 is 1.37 bits per heavy atom. The van der Waals surface area contributed by atoms with Crippen molar-refractivity contribution in [1.82, 2.24) is 0 Å². The zero-order chi connectivity index (χ0) is 13.7. The van der Waals surface area contributed by atoms with Crippen LogP contribution in [0.1, 0.15) is 31.6 Å². The van der Waals surface area contributed by atoms with Crippen molar-refractivity contribution >= 4 is 11.6 Å². The smallest absolute Gasteiger partial charge is 0.241 e. The summed E-state index contributed by atoms with van der Waals surface area (Å²) in [5.41, 5.74) is 7.44. The van der Waals surface area contributed by atoms with E-state index < -0.39 is 6.04 Å². The Kier molecular flexibility index (Phi) is 4.90. The fourth-order valence-corrected chi connectivity index (χ4v) is 1.95. The van der Waals surface area contributed by atoms with Crippen molar-refractivity contribution in [3.05, 3.63) is 29.8 Å². The van der Waals surface area contributed by atoms with Gasteiger partial charge in [-0.3, -0.25) is 4.79 Å². The Labute approximate surface area is 113 Å². The molecule has 1 aliphatic heterocycles. The Balaban J connectivity index is 1.92. The molecule has 1 saturated heterocycles. The number of carbonyl (C=O) groups is 1. The minimum Gasteiger partial charge on any atom is -0.346 e. The number of hydrogen-bond acceptors (Lipinski definition) is 4. The van der Waals surface area contributed by atoms with Gasteiger partial charge >= 0.3 is 0 Å². The molecule has 1 aromatic rings.